The van der Waals surface area contributed by atoms with E-state index < -0.39 is 0 Å². The van der Waals surface area contributed by atoms with Crippen molar-refractivity contribution in [3.8, 4) is 28.7 Å². The van der Waals surface area contributed by atoms with Crippen molar-refractivity contribution < 1.29 is 23.7 Å². The van der Waals surface area contributed by atoms with E-state index in [1.165, 1.54) is 5.56 Å². The Morgan fingerprint density at radius 1 is 0.611 bits per heavy atom. The topological polar surface area (TPSA) is 52.6 Å². The summed E-state index contributed by atoms with van der Waals surface area (Å²) in [5.41, 5.74) is 3.43. The fraction of sp³-hybridized carbons (Fsp3) is 0.379. The van der Waals surface area contributed by atoms with E-state index >= 15 is 0 Å². The first-order chi connectivity index (χ1) is 17.6. The van der Waals surface area contributed by atoms with Crippen molar-refractivity contribution >= 4 is 0 Å². The zero-order chi connectivity index (χ0) is 25.5. The highest BCUT2D eigenvalue weighted by Crippen LogP contribution is 2.37. The third-order valence-corrected chi connectivity index (χ3v) is 6.71. The number of rotatable bonds is 10. The molecule has 0 N–H and O–H groups in total. The lowest BCUT2D eigenvalue weighted by Gasteiger charge is -2.44. The van der Waals surface area contributed by atoms with Crippen molar-refractivity contribution in [2.75, 3.05) is 48.6 Å². The van der Waals surface area contributed by atoms with Gasteiger partial charge in [-0.15, -0.1) is 0 Å². The quantitative estimate of drug-likeness (QED) is 0.389. The van der Waals surface area contributed by atoms with Gasteiger partial charge in [0.25, 0.3) is 0 Å². The van der Waals surface area contributed by atoms with Crippen molar-refractivity contribution in [1.29, 1.82) is 0 Å². The number of methoxy groups -OCH3 is 5. The van der Waals surface area contributed by atoms with E-state index in [1.54, 1.807) is 35.5 Å². The lowest BCUT2D eigenvalue weighted by Crippen LogP contribution is -2.47. The Morgan fingerprint density at radius 2 is 1.11 bits per heavy atom. The molecule has 0 bridgehead atoms. The minimum absolute atomic E-state index is 0.0486. The van der Waals surface area contributed by atoms with Crippen LogP contribution in [0.15, 0.2) is 60.7 Å². The van der Waals surface area contributed by atoms with Crippen LogP contribution in [0.5, 0.6) is 28.7 Å². The zero-order valence-corrected chi connectivity index (χ0v) is 21.8. The van der Waals surface area contributed by atoms with E-state index in [0.717, 1.165) is 72.5 Å². The first-order valence-corrected chi connectivity index (χ1v) is 12.1. The predicted molar refractivity (Wildman–Crippen MR) is 140 cm³/mol. The van der Waals surface area contributed by atoms with Crippen LogP contribution >= 0.6 is 0 Å². The zero-order valence-electron chi connectivity index (χ0n) is 21.8. The molecule has 1 aliphatic heterocycles. The number of hydrogen-bond acceptors (Lipinski definition) is 7. The Kier molecular flexibility index (Phi) is 8.57. The summed E-state index contributed by atoms with van der Waals surface area (Å²) in [5.74, 6) is 4.07. The van der Waals surface area contributed by atoms with Crippen LogP contribution in [0.3, 0.4) is 0 Å². The van der Waals surface area contributed by atoms with Crippen molar-refractivity contribution in [2.24, 2.45) is 0 Å². The average Bonchev–Trinajstić information content (AvgIpc) is 2.93. The van der Waals surface area contributed by atoms with Crippen LogP contribution < -0.4 is 23.7 Å². The minimum atomic E-state index is 0.0486. The summed E-state index contributed by atoms with van der Waals surface area (Å²) < 4.78 is 27.8. The third-order valence-electron chi connectivity index (χ3n) is 6.71. The maximum Gasteiger partial charge on any atom is 0.127 e. The summed E-state index contributed by atoms with van der Waals surface area (Å²) in [4.78, 5) is 5.00. The Balaban J connectivity index is 1.70. The van der Waals surface area contributed by atoms with Gasteiger partial charge in [-0.3, -0.25) is 9.80 Å². The molecule has 36 heavy (non-hydrogen) atoms. The maximum atomic E-state index is 5.71. The molecule has 1 fully saturated rings. The van der Waals surface area contributed by atoms with Gasteiger partial charge in [0.1, 0.15) is 28.7 Å². The molecule has 0 atom stereocenters. The van der Waals surface area contributed by atoms with Crippen molar-refractivity contribution in [2.45, 2.75) is 25.7 Å². The van der Waals surface area contributed by atoms with Crippen molar-refractivity contribution in [1.82, 2.24) is 9.80 Å². The summed E-state index contributed by atoms with van der Waals surface area (Å²) >= 11 is 0. The lowest BCUT2D eigenvalue weighted by molar-refractivity contribution is -0.00988. The highest BCUT2D eigenvalue weighted by molar-refractivity contribution is 5.42. The summed E-state index contributed by atoms with van der Waals surface area (Å²) in [7, 11) is 8.46. The SMILES string of the molecule is COc1cccc(C2N(Cc3ccc(OC)cc3OC)CCCN2Cc2ccc(OC)cc2OC)c1. The summed E-state index contributed by atoms with van der Waals surface area (Å²) in [6.07, 6.45) is 1.10. The second kappa shape index (κ2) is 12.0. The average molecular weight is 493 g/mol. The molecule has 7 heteroatoms. The lowest BCUT2D eigenvalue weighted by atomic mass is 10.0. The van der Waals surface area contributed by atoms with E-state index in [9.17, 15) is 0 Å². The van der Waals surface area contributed by atoms with Crippen LogP contribution in [0.4, 0.5) is 0 Å². The third kappa shape index (κ3) is 5.69. The molecule has 0 unspecified atom stereocenters. The van der Waals surface area contributed by atoms with Gasteiger partial charge in [0, 0.05) is 49.4 Å². The van der Waals surface area contributed by atoms with Crippen LogP contribution in [0.2, 0.25) is 0 Å². The van der Waals surface area contributed by atoms with Gasteiger partial charge in [-0.2, -0.15) is 0 Å². The van der Waals surface area contributed by atoms with E-state index in [2.05, 4.69) is 40.1 Å². The molecule has 0 spiro atoms. The highest BCUT2D eigenvalue weighted by Gasteiger charge is 2.32. The molecular weight excluding hydrogens is 456 g/mol. The molecule has 1 aliphatic rings. The largest absolute Gasteiger partial charge is 0.497 e. The second-order valence-corrected chi connectivity index (χ2v) is 8.80. The molecule has 7 nitrogen and oxygen atoms in total. The number of nitrogens with zero attached hydrogens (tertiary/aromatic N) is 2. The van der Waals surface area contributed by atoms with Gasteiger partial charge >= 0.3 is 0 Å². The van der Waals surface area contributed by atoms with E-state index in [-0.39, 0.29) is 6.17 Å². The van der Waals surface area contributed by atoms with Gasteiger partial charge in [0.05, 0.1) is 41.7 Å². The smallest absolute Gasteiger partial charge is 0.127 e. The van der Waals surface area contributed by atoms with E-state index in [4.69, 9.17) is 23.7 Å². The number of ether oxygens (including phenoxy) is 5. The molecule has 4 rings (SSSR count). The van der Waals surface area contributed by atoms with Gasteiger partial charge in [0.15, 0.2) is 0 Å². The van der Waals surface area contributed by atoms with Gasteiger partial charge < -0.3 is 23.7 Å². The summed E-state index contributed by atoms with van der Waals surface area (Å²) in [5, 5.41) is 0. The number of hydrogen-bond donors (Lipinski definition) is 0. The molecular formula is C29H36N2O5. The first kappa shape index (κ1) is 25.7. The summed E-state index contributed by atoms with van der Waals surface area (Å²) in [6, 6.07) is 20.4. The fourth-order valence-corrected chi connectivity index (χ4v) is 4.91. The predicted octanol–water partition coefficient (Wildman–Crippen LogP) is 5.14. The Bertz CT molecular complexity index is 1090. The maximum absolute atomic E-state index is 5.71. The molecule has 1 saturated heterocycles. The standard InChI is InChI=1S/C29H36N2O5/c1-32-24-9-6-8-21(16-24)29-30(19-22-10-12-25(33-2)17-27(22)35-4)14-7-15-31(29)20-23-11-13-26(34-3)18-28(23)36-5/h6,8-13,16-18,29H,7,14-15,19-20H2,1-5H3. The second-order valence-electron chi connectivity index (χ2n) is 8.80. The minimum Gasteiger partial charge on any atom is -0.497 e. The molecule has 0 amide bonds. The van der Waals surface area contributed by atoms with Gasteiger partial charge in [-0.1, -0.05) is 24.3 Å². The molecule has 192 valence electrons. The van der Waals surface area contributed by atoms with Crippen LogP contribution in [0.25, 0.3) is 0 Å². The molecule has 0 radical (unpaired) electrons. The Hall–Kier alpha value is -3.42. The highest BCUT2D eigenvalue weighted by atomic mass is 16.5. The summed E-state index contributed by atoms with van der Waals surface area (Å²) in [6.45, 7) is 3.41. The van der Waals surface area contributed by atoms with Gasteiger partial charge in [-0.25, -0.2) is 0 Å². The fourth-order valence-electron chi connectivity index (χ4n) is 4.91. The molecule has 0 aliphatic carbocycles. The Morgan fingerprint density at radius 3 is 1.58 bits per heavy atom. The monoisotopic (exact) mass is 492 g/mol. The Labute approximate surface area is 214 Å². The first-order valence-electron chi connectivity index (χ1n) is 12.1. The van der Waals surface area contributed by atoms with E-state index in [0.29, 0.717) is 0 Å². The van der Waals surface area contributed by atoms with Crippen LogP contribution in [0.1, 0.15) is 29.3 Å². The van der Waals surface area contributed by atoms with Crippen LogP contribution in [-0.4, -0.2) is 58.4 Å². The van der Waals surface area contributed by atoms with Crippen molar-refractivity contribution in [3.63, 3.8) is 0 Å². The molecule has 3 aromatic carbocycles. The van der Waals surface area contributed by atoms with E-state index in [1.807, 2.05) is 30.3 Å². The van der Waals surface area contributed by atoms with Crippen LogP contribution in [-0.2, 0) is 13.1 Å². The molecule has 0 aromatic heterocycles. The molecule has 3 aromatic rings. The van der Waals surface area contributed by atoms with Gasteiger partial charge in [-0.05, 0) is 36.2 Å². The number of benzene rings is 3. The molecule has 0 saturated carbocycles. The molecule has 1 heterocycles. The normalized spacial score (nSPS) is 14.9. The van der Waals surface area contributed by atoms with Crippen LogP contribution in [0, 0.1) is 0 Å². The van der Waals surface area contributed by atoms with Crippen molar-refractivity contribution in [3.05, 3.63) is 77.4 Å². The van der Waals surface area contributed by atoms with Gasteiger partial charge in [0.2, 0.25) is 0 Å².